The number of rotatable bonds is 8. The number of hydrogen-bond donors (Lipinski definition) is 10. The minimum atomic E-state index is -4.56. The number of carboxylic acid groups (broad SMARTS) is 5. The van der Waals surface area contributed by atoms with Gasteiger partial charge in [0, 0.05) is 13.8 Å². The van der Waals surface area contributed by atoms with Gasteiger partial charge < -0.3 is 45.1 Å². The van der Waals surface area contributed by atoms with Crippen molar-refractivity contribution in [2.75, 3.05) is 0 Å². The fourth-order valence-electron chi connectivity index (χ4n) is 0.491. The second-order valence-corrected chi connectivity index (χ2v) is 12.7. The van der Waals surface area contributed by atoms with E-state index in [9.17, 15) is 50.7 Å². The molecule has 0 aliphatic rings. The molecule has 0 heterocycles. The molecule has 0 saturated heterocycles. The minimum absolute atomic E-state index is 0.139. The molecule has 26 heteroatoms. The Bertz CT molecular complexity index is 1140. The molecule has 0 saturated carbocycles. The number of halogens is 4. The van der Waals surface area contributed by atoms with E-state index in [1.54, 1.807) is 6.07 Å². The maximum absolute atomic E-state index is 11.4. The van der Waals surface area contributed by atoms with Gasteiger partial charge in [0.15, 0.2) is 11.0 Å². The molecule has 282 valence electrons. The van der Waals surface area contributed by atoms with Crippen LogP contribution in [0.2, 0.25) is 0 Å². The van der Waals surface area contributed by atoms with Gasteiger partial charge in [-0.25, -0.2) is 17.6 Å². The Labute approximate surface area is 276 Å². The number of carboxylic acids is 5. The average Bonchev–Trinajstić information content (AvgIpc) is 2.89. The fraction of sp³-hybridized carbons (Fsp3) is 0.636. The Morgan fingerprint density at radius 1 is 0.625 bits per heavy atom. The van der Waals surface area contributed by atoms with E-state index in [1.807, 2.05) is 0 Å². The van der Waals surface area contributed by atoms with Crippen LogP contribution in [0, 0.1) is 40.4 Å². The second-order valence-electron chi connectivity index (χ2n) is 8.14. The lowest BCUT2D eigenvalue weighted by Gasteiger charge is -2.10. The van der Waals surface area contributed by atoms with E-state index in [4.69, 9.17) is 60.4 Å². The van der Waals surface area contributed by atoms with E-state index >= 15 is 0 Å². The van der Waals surface area contributed by atoms with Gasteiger partial charge >= 0.3 is 39.1 Å². The molecular formula is C22H38F4N2O17P2S. The molecule has 9 N–H and O–H groups in total. The molecular weight excluding hydrogens is 734 g/mol. The van der Waals surface area contributed by atoms with E-state index < -0.39 is 87.0 Å². The Hall–Kier alpha value is -3.63. The van der Waals surface area contributed by atoms with Crippen LogP contribution < -0.4 is 0 Å². The van der Waals surface area contributed by atoms with Crippen LogP contribution in [0.25, 0.3) is 0 Å². The number of nitriles is 2. The quantitative estimate of drug-likeness (QED) is 0.0732. The van der Waals surface area contributed by atoms with Gasteiger partial charge in [-0.3, -0.25) is 37.9 Å². The molecule has 0 rings (SSSR count). The van der Waals surface area contributed by atoms with Crippen LogP contribution >= 0.6 is 27.8 Å². The topological polar surface area (TPSA) is 366 Å². The Morgan fingerprint density at radius 3 is 0.917 bits per heavy atom. The lowest BCUT2D eigenvalue weighted by atomic mass is 10.2. The molecule has 0 spiro atoms. The molecule has 48 heavy (non-hydrogen) atoms. The lowest BCUT2D eigenvalue weighted by molar-refractivity contribution is -0.153. The number of hydrogen-bond acceptors (Lipinski definition) is 10. The van der Waals surface area contributed by atoms with Crippen LogP contribution in [0.1, 0.15) is 48.5 Å². The van der Waals surface area contributed by atoms with Crippen LogP contribution in [0.15, 0.2) is 0 Å². The summed E-state index contributed by atoms with van der Waals surface area (Å²) in [5, 5.41) is 54.9. The zero-order chi connectivity index (χ0) is 40.9. The first kappa shape index (κ1) is 59.8. The summed E-state index contributed by atoms with van der Waals surface area (Å²) in [5.74, 6) is -9.69. The summed E-state index contributed by atoms with van der Waals surface area (Å²) in [5.41, 5.74) is -3.03. The van der Waals surface area contributed by atoms with Gasteiger partial charge in [-0.15, -0.1) is 12.6 Å². The summed E-state index contributed by atoms with van der Waals surface area (Å²) in [6, 6.07) is 3.01. The maximum atomic E-state index is 11.4. The summed E-state index contributed by atoms with van der Waals surface area (Å²) >= 11 is 3.33. The number of alkyl halides is 4. The summed E-state index contributed by atoms with van der Waals surface area (Å²) in [6.07, 6.45) is -5.71. The van der Waals surface area contributed by atoms with E-state index in [-0.39, 0.29) is 5.12 Å². The highest BCUT2D eigenvalue weighted by atomic mass is 32.1. The predicted octanol–water partition coefficient (Wildman–Crippen LogP) is 2.44. The zero-order valence-electron chi connectivity index (χ0n) is 26.1. The van der Waals surface area contributed by atoms with Gasteiger partial charge in [-0.1, -0.05) is 0 Å². The summed E-state index contributed by atoms with van der Waals surface area (Å²) in [6.45, 7) is 7.88. The third-order valence-electron chi connectivity index (χ3n) is 3.66. The molecule has 4 unspecified atom stereocenters. The van der Waals surface area contributed by atoms with Crippen LogP contribution in [-0.2, 0) is 37.9 Å². The largest absolute Gasteiger partial charge is 0.481 e. The lowest BCUT2D eigenvalue weighted by Crippen LogP contribution is -2.19. The van der Waals surface area contributed by atoms with Crippen molar-refractivity contribution in [3.05, 3.63) is 0 Å². The molecule has 19 nitrogen and oxygen atoms in total. The molecule has 0 aromatic rings. The van der Waals surface area contributed by atoms with Gasteiger partial charge in [-0.05, 0) is 34.6 Å². The highest BCUT2D eigenvalue weighted by Crippen LogP contribution is 2.43. The molecule has 0 radical (unpaired) electrons. The third-order valence-corrected chi connectivity index (χ3v) is 6.07. The Balaban J connectivity index is -0.0000000831. The number of carbonyl (C=O) groups is 6. The van der Waals surface area contributed by atoms with E-state index in [2.05, 4.69) is 12.6 Å². The van der Waals surface area contributed by atoms with Gasteiger partial charge in [0.25, 0.3) is 18.8 Å². The first-order valence-electron chi connectivity index (χ1n) is 11.9. The predicted molar refractivity (Wildman–Crippen MR) is 157 cm³/mol. The maximum Gasteiger partial charge on any atom is 0.342 e. The van der Waals surface area contributed by atoms with Crippen molar-refractivity contribution in [2.24, 2.45) is 17.8 Å². The molecule has 0 aliphatic carbocycles. The zero-order valence-corrected chi connectivity index (χ0v) is 28.8. The molecule has 4 atom stereocenters. The first-order valence-corrected chi connectivity index (χ1v) is 15.7. The van der Waals surface area contributed by atoms with Crippen molar-refractivity contribution >= 4 is 62.8 Å². The van der Waals surface area contributed by atoms with Gasteiger partial charge in [0.1, 0.15) is 23.2 Å². The summed E-state index contributed by atoms with van der Waals surface area (Å²) in [7, 11) is -8.68. The molecule has 0 aliphatic heterocycles. The fourth-order valence-corrected chi connectivity index (χ4v) is 0.935. The number of thiol groups is 1. The Kier molecular flexibility index (Phi) is 39.8. The number of carbonyl (C=O) groups excluding carboxylic acids is 1. The second kappa shape index (κ2) is 31.9. The molecule has 0 aromatic carbocycles. The SMILES string of the molecule is CC(=O)O.CC(=O)S.CC(C#N)C(=O)O.CC(C#N)P(=O)(O)O.CC(C(=O)O)C(=O)O.CC(C(=O)O)C(F)F.CC(C(F)F)P(=O)(O)O. The van der Waals surface area contributed by atoms with E-state index in [0.717, 1.165) is 27.7 Å². The molecule has 0 aromatic heterocycles. The highest BCUT2D eigenvalue weighted by molar-refractivity contribution is 7.96. The standard InChI is InChI=1S/C4H6F2O2.C4H5NO2.C4H6O4.C3H7F2O3P.C3H6NO3P.C2H4O2.C2H4OS/c1-2(3(5)6)4(7)8;1-3(2-5)4(6)7;1-2(3(5)6)4(7)8;1-2(3(4)5)9(6,7)8;1-3(2-4)8(5,6)7;2*1-2(3)4/h2-3H,1H3,(H,7,8);3H,1H3,(H,6,7);2H,1H3,(H,5,6)(H,7,8);2-3H,1H3,(H2,6,7,8);3H,1H3,(H2,5,6,7);2*1H3,(H,3,4). The van der Waals surface area contributed by atoms with Crippen molar-refractivity contribution in [3.63, 3.8) is 0 Å². The summed E-state index contributed by atoms with van der Waals surface area (Å²) in [4.78, 5) is 89.7. The van der Waals surface area contributed by atoms with Gasteiger partial charge in [-0.2, -0.15) is 10.5 Å². The van der Waals surface area contributed by atoms with Crippen molar-refractivity contribution in [2.45, 2.75) is 72.6 Å². The minimum Gasteiger partial charge on any atom is -0.481 e. The summed E-state index contributed by atoms with van der Waals surface area (Å²) < 4.78 is 65.5. The first-order chi connectivity index (χ1) is 21.1. The highest BCUT2D eigenvalue weighted by Gasteiger charge is 2.32. The number of nitrogens with zero attached hydrogens (tertiary/aromatic N) is 2. The molecule has 0 amide bonds. The van der Waals surface area contributed by atoms with Crippen LogP contribution in [0.3, 0.4) is 0 Å². The number of aliphatic carboxylic acids is 5. The normalized spacial score (nSPS) is 12.2. The van der Waals surface area contributed by atoms with E-state index in [0.29, 0.717) is 0 Å². The Morgan fingerprint density at radius 2 is 0.917 bits per heavy atom. The van der Waals surface area contributed by atoms with Crippen LogP contribution in [0.5, 0.6) is 0 Å². The van der Waals surface area contributed by atoms with Crippen LogP contribution in [0.4, 0.5) is 17.6 Å². The van der Waals surface area contributed by atoms with Crippen LogP contribution in [-0.4, -0.2) is 104 Å². The van der Waals surface area contributed by atoms with Crippen molar-refractivity contribution in [1.29, 1.82) is 10.5 Å². The molecule has 0 bridgehead atoms. The van der Waals surface area contributed by atoms with Crippen molar-refractivity contribution < 1.29 is 101 Å². The van der Waals surface area contributed by atoms with Crippen molar-refractivity contribution in [3.8, 4) is 12.1 Å². The van der Waals surface area contributed by atoms with E-state index in [1.165, 1.54) is 26.8 Å². The monoisotopic (exact) mass is 772 g/mol. The van der Waals surface area contributed by atoms with Gasteiger partial charge in [0.2, 0.25) is 0 Å². The third kappa shape index (κ3) is 54.8. The van der Waals surface area contributed by atoms with Gasteiger partial charge in [0.05, 0.1) is 12.1 Å². The van der Waals surface area contributed by atoms with Crippen molar-refractivity contribution in [1.82, 2.24) is 0 Å². The smallest absolute Gasteiger partial charge is 0.342 e. The molecule has 0 fully saturated rings. The average molecular weight is 773 g/mol.